The standard InChI is InChI=1S/C13H15ClN2O2S2.ClH/c1-9-7-15-4-5-16(9)20(17,18)13-8-19-12-3-2-10(14)6-11(12)13;/h2-3,6,8-9,15H,4-5,7H2,1H3;1H. The molecular formula is C13H16Cl2N2O2S2. The van der Waals surface area contributed by atoms with Crippen LogP contribution in [-0.4, -0.2) is 38.4 Å². The van der Waals surface area contributed by atoms with Crippen LogP contribution in [0.4, 0.5) is 0 Å². The fraction of sp³-hybridized carbons (Fsp3) is 0.385. The molecule has 1 fully saturated rings. The summed E-state index contributed by atoms with van der Waals surface area (Å²) >= 11 is 7.43. The fourth-order valence-electron chi connectivity index (χ4n) is 2.48. The van der Waals surface area contributed by atoms with Gasteiger partial charge in [-0.25, -0.2) is 8.42 Å². The molecule has 0 amide bonds. The highest BCUT2D eigenvalue weighted by Gasteiger charge is 2.32. The zero-order chi connectivity index (χ0) is 14.3. The van der Waals surface area contributed by atoms with E-state index in [4.69, 9.17) is 11.6 Å². The van der Waals surface area contributed by atoms with E-state index in [1.54, 1.807) is 21.8 Å². The van der Waals surface area contributed by atoms with Gasteiger partial charge in [0, 0.05) is 46.2 Å². The van der Waals surface area contributed by atoms with Crippen molar-refractivity contribution in [1.82, 2.24) is 9.62 Å². The number of halogens is 2. The van der Waals surface area contributed by atoms with Crippen LogP contribution in [0.1, 0.15) is 6.92 Å². The Hall–Kier alpha value is -0.370. The molecule has 2 heterocycles. The van der Waals surface area contributed by atoms with Crippen molar-refractivity contribution in [2.75, 3.05) is 19.6 Å². The number of hydrogen-bond acceptors (Lipinski definition) is 4. The first-order chi connectivity index (χ1) is 9.50. The van der Waals surface area contributed by atoms with Crippen molar-refractivity contribution in [2.24, 2.45) is 0 Å². The molecule has 1 aliphatic rings. The topological polar surface area (TPSA) is 49.4 Å². The van der Waals surface area contributed by atoms with E-state index in [9.17, 15) is 8.42 Å². The van der Waals surface area contributed by atoms with Gasteiger partial charge in [-0.15, -0.1) is 23.7 Å². The van der Waals surface area contributed by atoms with Gasteiger partial charge in [-0.3, -0.25) is 0 Å². The highest BCUT2D eigenvalue weighted by Crippen LogP contribution is 2.33. The number of fused-ring (bicyclic) bond motifs is 1. The van der Waals surface area contributed by atoms with Crippen molar-refractivity contribution in [3.63, 3.8) is 0 Å². The summed E-state index contributed by atoms with van der Waals surface area (Å²) in [6.45, 7) is 3.79. The molecule has 1 saturated heterocycles. The molecule has 0 bridgehead atoms. The molecule has 4 nitrogen and oxygen atoms in total. The second kappa shape index (κ2) is 6.40. The SMILES string of the molecule is CC1CNCCN1S(=O)(=O)c1csc2ccc(Cl)cc12.Cl. The maximum Gasteiger partial charge on any atom is 0.244 e. The number of thiophene rings is 1. The zero-order valence-corrected chi connectivity index (χ0v) is 14.6. The van der Waals surface area contributed by atoms with Gasteiger partial charge in [0.25, 0.3) is 0 Å². The Labute approximate surface area is 139 Å². The predicted molar refractivity (Wildman–Crippen MR) is 90.3 cm³/mol. The van der Waals surface area contributed by atoms with Crippen molar-refractivity contribution in [3.05, 3.63) is 28.6 Å². The molecule has 0 saturated carbocycles. The molecule has 116 valence electrons. The molecule has 1 aliphatic heterocycles. The summed E-state index contributed by atoms with van der Waals surface area (Å²) in [7, 11) is -3.47. The molecule has 0 spiro atoms. The number of benzene rings is 1. The molecular weight excluding hydrogens is 351 g/mol. The van der Waals surface area contributed by atoms with Crippen molar-refractivity contribution in [2.45, 2.75) is 17.9 Å². The Morgan fingerprint density at radius 2 is 2.19 bits per heavy atom. The minimum atomic E-state index is -3.47. The molecule has 1 atom stereocenters. The summed E-state index contributed by atoms with van der Waals surface area (Å²) in [6.07, 6.45) is 0. The van der Waals surface area contributed by atoms with Gasteiger partial charge in [-0.2, -0.15) is 4.31 Å². The minimum absolute atomic E-state index is 0. The lowest BCUT2D eigenvalue weighted by Gasteiger charge is -2.32. The van der Waals surface area contributed by atoms with Crippen LogP contribution in [0.15, 0.2) is 28.5 Å². The van der Waals surface area contributed by atoms with E-state index < -0.39 is 10.0 Å². The maximum absolute atomic E-state index is 12.8. The van der Waals surface area contributed by atoms with E-state index in [0.717, 1.165) is 4.70 Å². The van der Waals surface area contributed by atoms with Gasteiger partial charge in [0.1, 0.15) is 4.90 Å². The Balaban J connectivity index is 0.00000161. The van der Waals surface area contributed by atoms with Crippen LogP contribution >= 0.6 is 35.3 Å². The van der Waals surface area contributed by atoms with E-state index in [2.05, 4.69) is 5.32 Å². The largest absolute Gasteiger partial charge is 0.314 e. The van der Waals surface area contributed by atoms with Crippen molar-refractivity contribution in [3.8, 4) is 0 Å². The zero-order valence-electron chi connectivity index (χ0n) is 11.4. The summed E-state index contributed by atoms with van der Waals surface area (Å²) < 4.78 is 28.2. The number of rotatable bonds is 2. The van der Waals surface area contributed by atoms with Crippen LogP contribution in [0.5, 0.6) is 0 Å². The first-order valence-corrected chi connectivity index (χ1v) is 9.09. The first kappa shape index (κ1) is 17.0. The van der Waals surface area contributed by atoms with Gasteiger partial charge in [0.05, 0.1) is 0 Å². The molecule has 0 radical (unpaired) electrons. The third-order valence-electron chi connectivity index (χ3n) is 3.53. The van der Waals surface area contributed by atoms with Gasteiger partial charge < -0.3 is 5.32 Å². The number of nitrogens with one attached hydrogen (secondary N) is 1. The number of nitrogens with zero attached hydrogens (tertiary/aromatic N) is 1. The molecule has 1 aromatic heterocycles. The predicted octanol–water partition coefficient (Wildman–Crippen LogP) is 2.96. The highest BCUT2D eigenvalue weighted by atomic mass is 35.5. The first-order valence-electron chi connectivity index (χ1n) is 6.39. The second-order valence-electron chi connectivity index (χ2n) is 4.91. The van der Waals surface area contributed by atoms with Gasteiger partial charge >= 0.3 is 0 Å². The lowest BCUT2D eigenvalue weighted by molar-refractivity contribution is 0.284. The summed E-state index contributed by atoms with van der Waals surface area (Å²) in [5.41, 5.74) is 0. The molecule has 2 aromatic rings. The fourth-order valence-corrected chi connectivity index (χ4v) is 5.73. The lowest BCUT2D eigenvalue weighted by Crippen LogP contribution is -2.52. The third-order valence-corrected chi connectivity index (χ3v) is 6.93. The normalized spacial score (nSPS) is 20.4. The van der Waals surface area contributed by atoms with Crippen molar-refractivity contribution in [1.29, 1.82) is 0 Å². The molecule has 1 aromatic carbocycles. The molecule has 8 heteroatoms. The lowest BCUT2D eigenvalue weighted by atomic mass is 10.3. The maximum atomic E-state index is 12.8. The second-order valence-corrected chi connectivity index (χ2v) is 8.12. The number of sulfonamides is 1. The molecule has 1 N–H and O–H groups in total. The molecule has 0 aliphatic carbocycles. The molecule has 3 rings (SSSR count). The van der Waals surface area contributed by atoms with Gasteiger partial charge in [0.15, 0.2) is 0 Å². The van der Waals surface area contributed by atoms with E-state index in [-0.39, 0.29) is 18.4 Å². The van der Waals surface area contributed by atoms with Crippen LogP contribution in [0.3, 0.4) is 0 Å². The van der Waals surface area contributed by atoms with Gasteiger partial charge in [-0.05, 0) is 25.1 Å². The van der Waals surface area contributed by atoms with Crippen molar-refractivity contribution >= 4 is 55.5 Å². The quantitative estimate of drug-likeness (QED) is 0.888. The van der Waals surface area contributed by atoms with Crippen LogP contribution in [0, 0.1) is 0 Å². The van der Waals surface area contributed by atoms with Crippen LogP contribution in [-0.2, 0) is 10.0 Å². The summed E-state index contributed by atoms with van der Waals surface area (Å²) in [4.78, 5) is 0.369. The van der Waals surface area contributed by atoms with Crippen LogP contribution in [0.25, 0.3) is 10.1 Å². The smallest absolute Gasteiger partial charge is 0.244 e. The Morgan fingerprint density at radius 3 is 2.90 bits per heavy atom. The Kier molecular flexibility index (Phi) is 5.18. The number of hydrogen-bond donors (Lipinski definition) is 1. The third kappa shape index (κ3) is 3.06. The van der Waals surface area contributed by atoms with E-state index >= 15 is 0 Å². The highest BCUT2D eigenvalue weighted by molar-refractivity contribution is 7.89. The van der Waals surface area contributed by atoms with Gasteiger partial charge in [0.2, 0.25) is 10.0 Å². The Morgan fingerprint density at radius 1 is 1.43 bits per heavy atom. The monoisotopic (exact) mass is 366 g/mol. The minimum Gasteiger partial charge on any atom is -0.314 e. The van der Waals surface area contributed by atoms with Crippen LogP contribution in [0.2, 0.25) is 5.02 Å². The Bertz CT molecular complexity index is 746. The van der Waals surface area contributed by atoms with E-state index in [0.29, 0.717) is 34.9 Å². The summed E-state index contributed by atoms with van der Waals surface area (Å²) in [5, 5.41) is 6.19. The van der Waals surface area contributed by atoms with Crippen molar-refractivity contribution < 1.29 is 8.42 Å². The van der Waals surface area contributed by atoms with E-state index in [1.165, 1.54) is 11.3 Å². The van der Waals surface area contributed by atoms with E-state index in [1.807, 2.05) is 13.0 Å². The summed E-state index contributed by atoms with van der Waals surface area (Å²) in [5.74, 6) is 0. The van der Waals surface area contributed by atoms with Crippen LogP contribution < -0.4 is 5.32 Å². The molecule has 1 unspecified atom stereocenters. The molecule has 21 heavy (non-hydrogen) atoms. The average Bonchev–Trinajstić information content (AvgIpc) is 2.82. The van der Waals surface area contributed by atoms with Gasteiger partial charge in [-0.1, -0.05) is 11.6 Å². The summed E-state index contributed by atoms with van der Waals surface area (Å²) in [6, 6.07) is 5.34. The number of piperazine rings is 1. The average molecular weight is 367 g/mol.